The summed E-state index contributed by atoms with van der Waals surface area (Å²) >= 11 is 0. The number of carbonyl (C=O) groups excluding carboxylic acids is 2. The summed E-state index contributed by atoms with van der Waals surface area (Å²) in [5.74, 6) is -0.990. The van der Waals surface area contributed by atoms with Gasteiger partial charge in [-0.2, -0.15) is 0 Å². The summed E-state index contributed by atoms with van der Waals surface area (Å²) in [6.07, 6.45) is 0. The molecule has 0 saturated carbocycles. The van der Waals surface area contributed by atoms with Crippen molar-refractivity contribution in [2.24, 2.45) is 0 Å². The summed E-state index contributed by atoms with van der Waals surface area (Å²) in [7, 11) is 0. The number of hydrogen-bond donors (Lipinski definition) is 2. The zero-order valence-electron chi connectivity index (χ0n) is 13.5. The molecule has 0 aliphatic rings. The molecule has 24 heavy (non-hydrogen) atoms. The molecule has 0 radical (unpaired) electrons. The Morgan fingerprint density at radius 1 is 1.12 bits per heavy atom. The molecule has 0 aliphatic heterocycles. The van der Waals surface area contributed by atoms with E-state index in [0.29, 0.717) is 11.3 Å². The number of rotatable bonds is 5. The highest BCUT2D eigenvalue weighted by Crippen LogP contribution is 2.17. The molecule has 0 unspecified atom stereocenters. The van der Waals surface area contributed by atoms with Crippen molar-refractivity contribution in [2.45, 2.75) is 26.5 Å². The summed E-state index contributed by atoms with van der Waals surface area (Å²) in [6, 6.07) is 11.9. The fraction of sp³-hybridized carbons (Fsp3) is 0.222. The number of nitrogens with one attached hydrogen (secondary N) is 2. The second-order valence-electron chi connectivity index (χ2n) is 5.50. The highest BCUT2D eigenvalue weighted by Gasteiger charge is 2.15. The Balaban J connectivity index is 2.05. The third-order valence-electron chi connectivity index (χ3n) is 3.07. The standard InChI is InChI=1S/C18H19FN2O3/c1-12(2)20-18(23)21-16-9-4-3-8-15(16)17(22)24-11-13-6-5-7-14(19)10-13/h3-10,12H,11H2,1-2H3,(H2,20,21,23). The lowest BCUT2D eigenvalue weighted by molar-refractivity contribution is 0.0473. The maximum absolute atomic E-state index is 13.1. The first-order valence-electron chi connectivity index (χ1n) is 7.54. The summed E-state index contributed by atoms with van der Waals surface area (Å²) in [5, 5.41) is 5.30. The minimum atomic E-state index is -0.597. The van der Waals surface area contributed by atoms with Crippen LogP contribution in [0.25, 0.3) is 0 Å². The maximum Gasteiger partial charge on any atom is 0.340 e. The van der Waals surface area contributed by atoms with Gasteiger partial charge in [0.1, 0.15) is 12.4 Å². The molecule has 0 saturated heterocycles. The summed E-state index contributed by atoms with van der Waals surface area (Å²) in [5.41, 5.74) is 1.12. The van der Waals surface area contributed by atoms with Crippen molar-refractivity contribution in [1.82, 2.24) is 5.32 Å². The number of halogens is 1. The van der Waals surface area contributed by atoms with Crippen LogP contribution in [0.2, 0.25) is 0 Å². The number of para-hydroxylation sites is 1. The number of anilines is 1. The average Bonchev–Trinajstić information content (AvgIpc) is 2.52. The van der Waals surface area contributed by atoms with Crippen LogP contribution in [0.4, 0.5) is 14.9 Å². The highest BCUT2D eigenvalue weighted by molar-refractivity contribution is 6.00. The molecule has 2 aromatic carbocycles. The van der Waals surface area contributed by atoms with Crippen molar-refractivity contribution in [3.63, 3.8) is 0 Å². The lowest BCUT2D eigenvalue weighted by Gasteiger charge is -2.13. The van der Waals surface area contributed by atoms with Gasteiger partial charge in [-0.3, -0.25) is 0 Å². The molecular weight excluding hydrogens is 311 g/mol. The third-order valence-corrected chi connectivity index (χ3v) is 3.07. The van der Waals surface area contributed by atoms with Crippen LogP contribution < -0.4 is 10.6 Å². The quantitative estimate of drug-likeness (QED) is 0.821. The predicted octanol–water partition coefficient (Wildman–Crippen LogP) is 3.71. The number of hydrogen-bond acceptors (Lipinski definition) is 3. The first kappa shape index (κ1) is 17.5. The fourth-order valence-electron chi connectivity index (χ4n) is 2.04. The van der Waals surface area contributed by atoms with Gasteiger partial charge in [-0.25, -0.2) is 14.0 Å². The minimum Gasteiger partial charge on any atom is -0.457 e. The molecule has 0 aromatic heterocycles. The van der Waals surface area contributed by atoms with Crippen molar-refractivity contribution in [3.8, 4) is 0 Å². The van der Waals surface area contributed by atoms with Crippen LogP contribution >= 0.6 is 0 Å². The van der Waals surface area contributed by atoms with Gasteiger partial charge in [-0.1, -0.05) is 24.3 Å². The molecule has 0 bridgehead atoms. The fourth-order valence-corrected chi connectivity index (χ4v) is 2.04. The largest absolute Gasteiger partial charge is 0.457 e. The first-order valence-corrected chi connectivity index (χ1v) is 7.54. The van der Waals surface area contributed by atoms with Crippen molar-refractivity contribution >= 4 is 17.7 Å². The van der Waals surface area contributed by atoms with E-state index in [4.69, 9.17) is 4.74 Å². The summed E-state index contributed by atoms with van der Waals surface area (Å²) in [6.45, 7) is 3.61. The van der Waals surface area contributed by atoms with Crippen LogP contribution in [0.5, 0.6) is 0 Å². The van der Waals surface area contributed by atoms with E-state index >= 15 is 0 Å². The monoisotopic (exact) mass is 330 g/mol. The van der Waals surface area contributed by atoms with E-state index in [1.807, 2.05) is 13.8 Å². The zero-order chi connectivity index (χ0) is 17.5. The molecule has 0 aliphatic carbocycles. The Morgan fingerprint density at radius 3 is 2.58 bits per heavy atom. The lowest BCUT2D eigenvalue weighted by Crippen LogP contribution is -2.34. The molecule has 2 aromatic rings. The van der Waals surface area contributed by atoms with Crippen molar-refractivity contribution in [1.29, 1.82) is 0 Å². The Bertz CT molecular complexity index is 732. The smallest absolute Gasteiger partial charge is 0.340 e. The van der Waals surface area contributed by atoms with E-state index in [1.54, 1.807) is 36.4 Å². The summed E-state index contributed by atoms with van der Waals surface area (Å²) in [4.78, 5) is 24.0. The van der Waals surface area contributed by atoms with Gasteiger partial charge in [0.25, 0.3) is 0 Å². The van der Waals surface area contributed by atoms with Gasteiger partial charge in [0.2, 0.25) is 0 Å². The molecule has 2 N–H and O–H groups in total. The molecule has 126 valence electrons. The van der Waals surface area contributed by atoms with Crippen LogP contribution in [0.3, 0.4) is 0 Å². The van der Waals surface area contributed by atoms with Crippen molar-refractivity contribution in [3.05, 3.63) is 65.5 Å². The number of ether oxygens (including phenoxy) is 1. The molecule has 0 fully saturated rings. The normalized spacial score (nSPS) is 10.3. The van der Waals surface area contributed by atoms with E-state index in [-0.39, 0.29) is 18.2 Å². The number of amides is 2. The second-order valence-corrected chi connectivity index (χ2v) is 5.50. The van der Waals surface area contributed by atoms with Crippen molar-refractivity contribution < 1.29 is 18.7 Å². The SMILES string of the molecule is CC(C)NC(=O)Nc1ccccc1C(=O)OCc1cccc(F)c1. The van der Waals surface area contributed by atoms with E-state index in [9.17, 15) is 14.0 Å². The molecule has 0 heterocycles. The maximum atomic E-state index is 13.1. The van der Waals surface area contributed by atoms with Crippen LogP contribution in [0.15, 0.2) is 48.5 Å². The molecule has 0 atom stereocenters. The number of esters is 1. The van der Waals surface area contributed by atoms with Gasteiger partial charge in [-0.15, -0.1) is 0 Å². The van der Waals surface area contributed by atoms with Crippen LogP contribution in [0.1, 0.15) is 29.8 Å². The second kappa shape index (κ2) is 8.10. The Labute approximate surface area is 139 Å². The first-order chi connectivity index (χ1) is 11.5. The molecule has 0 spiro atoms. The molecular formula is C18H19FN2O3. The van der Waals surface area contributed by atoms with E-state index in [2.05, 4.69) is 10.6 Å². The van der Waals surface area contributed by atoms with Crippen LogP contribution in [-0.2, 0) is 11.3 Å². The van der Waals surface area contributed by atoms with Gasteiger partial charge in [0.15, 0.2) is 0 Å². The van der Waals surface area contributed by atoms with E-state index in [1.165, 1.54) is 12.1 Å². The topological polar surface area (TPSA) is 67.4 Å². The van der Waals surface area contributed by atoms with E-state index in [0.717, 1.165) is 0 Å². The van der Waals surface area contributed by atoms with Crippen LogP contribution in [-0.4, -0.2) is 18.0 Å². The van der Waals surface area contributed by atoms with Gasteiger partial charge in [-0.05, 0) is 43.7 Å². The van der Waals surface area contributed by atoms with Crippen LogP contribution in [0, 0.1) is 5.82 Å². The van der Waals surface area contributed by atoms with Gasteiger partial charge in [0, 0.05) is 6.04 Å². The number of carbonyl (C=O) groups is 2. The summed E-state index contributed by atoms with van der Waals surface area (Å²) < 4.78 is 18.3. The number of benzene rings is 2. The molecule has 6 heteroatoms. The Hall–Kier alpha value is -2.89. The number of urea groups is 1. The minimum absolute atomic E-state index is 0.0305. The molecule has 5 nitrogen and oxygen atoms in total. The zero-order valence-corrected chi connectivity index (χ0v) is 13.5. The highest BCUT2D eigenvalue weighted by atomic mass is 19.1. The van der Waals surface area contributed by atoms with Crippen molar-refractivity contribution in [2.75, 3.05) is 5.32 Å². The third kappa shape index (κ3) is 5.08. The van der Waals surface area contributed by atoms with Gasteiger partial charge in [0.05, 0.1) is 11.3 Å². The molecule has 2 rings (SSSR count). The Morgan fingerprint density at radius 2 is 1.88 bits per heavy atom. The van der Waals surface area contributed by atoms with Gasteiger partial charge < -0.3 is 15.4 Å². The average molecular weight is 330 g/mol. The van der Waals surface area contributed by atoms with E-state index < -0.39 is 17.8 Å². The predicted molar refractivity (Wildman–Crippen MR) is 89.3 cm³/mol. The van der Waals surface area contributed by atoms with Gasteiger partial charge >= 0.3 is 12.0 Å². The molecule has 2 amide bonds. The lowest BCUT2D eigenvalue weighted by atomic mass is 10.2. The Kier molecular flexibility index (Phi) is 5.89.